The van der Waals surface area contributed by atoms with Gasteiger partial charge in [0.2, 0.25) is 0 Å². The van der Waals surface area contributed by atoms with Gasteiger partial charge in [0.15, 0.2) is 5.82 Å². The SMILES string of the molecule is CC(C)n1cnnc1-c1cccc(Nc2cccc3c2C(=O)N(CCN2CCCC2)C3)n1. The highest BCUT2D eigenvalue weighted by atomic mass is 16.2. The van der Waals surface area contributed by atoms with E-state index in [2.05, 4.69) is 34.3 Å². The molecule has 0 saturated carbocycles. The molecule has 2 aliphatic rings. The molecule has 3 aromatic rings. The number of amides is 1. The van der Waals surface area contributed by atoms with Crippen LogP contribution >= 0.6 is 0 Å². The summed E-state index contributed by atoms with van der Waals surface area (Å²) in [6.07, 6.45) is 4.25. The van der Waals surface area contributed by atoms with Crippen LogP contribution in [0, 0.1) is 0 Å². The van der Waals surface area contributed by atoms with Gasteiger partial charge in [-0.25, -0.2) is 4.98 Å². The van der Waals surface area contributed by atoms with Crippen LogP contribution in [0.15, 0.2) is 42.7 Å². The van der Waals surface area contributed by atoms with Gasteiger partial charge in [-0.2, -0.15) is 0 Å². The lowest BCUT2D eigenvalue weighted by Gasteiger charge is -2.20. The van der Waals surface area contributed by atoms with Gasteiger partial charge in [0, 0.05) is 25.7 Å². The molecule has 1 N–H and O–H groups in total. The summed E-state index contributed by atoms with van der Waals surface area (Å²) in [5.74, 6) is 1.50. The lowest BCUT2D eigenvalue weighted by atomic mass is 10.1. The van der Waals surface area contributed by atoms with Crippen molar-refractivity contribution in [2.24, 2.45) is 0 Å². The van der Waals surface area contributed by atoms with E-state index in [1.165, 1.54) is 12.8 Å². The zero-order chi connectivity index (χ0) is 22.1. The third kappa shape index (κ3) is 3.98. The Morgan fingerprint density at radius 1 is 1.06 bits per heavy atom. The molecule has 1 aromatic carbocycles. The molecule has 1 saturated heterocycles. The summed E-state index contributed by atoms with van der Waals surface area (Å²) in [5, 5.41) is 11.7. The van der Waals surface area contributed by atoms with Crippen LogP contribution in [-0.2, 0) is 6.54 Å². The highest BCUT2D eigenvalue weighted by Gasteiger charge is 2.30. The van der Waals surface area contributed by atoms with Crippen LogP contribution in [0.1, 0.15) is 48.7 Å². The van der Waals surface area contributed by atoms with Crippen molar-refractivity contribution in [2.45, 2.75) is 39.3 Å². The second kappa shape index (κ2) is 8.70. The molecule has 0 spiro atoms. The number of nitrogens with zero attached hydrogens (tertiary/aromatic N) is 6. The van der Waals surface area contributed by atoms with Gasteiger partial charge in [0.1, 0.15) is 17.8 Å². The molecule has 0 bridgehead atoms. The Balaban J connectivity index is 1.35. The van der Waals surface area contributed by atoms with Gasteiger partial charge in [-0.1, -0.05) is 18.2 Å². The summed E-state index contributed by atoms with van der Waals surface area (Å²) in [5.41, 5.74) is 3.36. The molecular formula is C24H29N7O. The Morgan fingerprint density at radius 2 is 1.88 bits per heavy atom. The maximum atomic E-state index is 13.2. The van der Waals surface area contributed by atoms with Gasteiger partial charge < -0.3 is 19.7 Å². The molecule has 2 aromatic heterocycles. The Labute approximate surface area is 188 Å². The predicted octanol–water partition coefficient (Wildman–Crippen LogP) is 3.72. The van der Waals surface area contributed by atoms with E-state index >= 15 is 0 Å². The summed E-state index contributed by atoms with van der Waals surface area (Å²) in [4.78, 5) is 22.4. The summed E-state index contributed by atoms with van der Waals surface area (Å²) >= 11 is 0. The van der Waals surface area contributed by atoms with Crippen LogP contribution in [0.3, 0.4) is 0 Å². The van der Waals surface area contributed by atoms with Crippen LogP contribution in [0.5, 0.6) is 0 Å². The van der Waals surface area contributed by atoms with Crippen LogP contribution in [0.4, 0.5) is 11.5 Å². The summed E-state index contributed by atoms with van der Waals surface area (Å²) in [6.45, 7) is 8.85. The number of carbonyl (C=O) groups is 1. The van der Waals surface area contributed by atoms with Gasteiger partial charge in [-0.15, -0.1) is 10.2 Å². The van der Waals surface area contributed by atoms with Crippen molar-refractivity contribution in [3.8, 4) is 11.5 Å². The Morgan fingerprint density at radius 3 is 2.69 bits per heavy atom. The van der Waals surface area contributed by atoms with Crippen LogP contribution in [0.25, 0.3) is 11.5 Å². The molecule has 5 rings (SSSR count). The van der Waals surface area contributed by atoms with Crippen molar-refractivity contribution in [1.29, 1.82) is 0 Å². The molecular weight excluding hydrogens is 402 g/mol. The lowest BCUT2D eigenvalue weighted by Crippen LogP contribution is -2.34. The second-order valence-corrected chi connectivity index (χ2v) is 8.80. The summed E-state index contributed by atoms with van der Waals surface area (Å²) in [7, 11) is 0. The van der Waals surface area contributed by atoms with E-state index in [1.54, 1.807) is 6.33 Å². The van der Waals surface area contributed by atoms with Gasteiger partial charge >= 0.3 is 0 Å². The van der Waals surface area contributed by atoms with Crippen LogP contribution in [-0.4, -0.2) is 61.6 Å². The number of nitrogens with one attached hydrogen (secondary N) is 1. The van der Waals surface area contributed by atoms with Crippen molar-refractivity contribution >= 4 is 17.4 Å². The van der Waals surface area contributed by atoms with Crippen molar-refractivity contribution in [2.75, 3.05) is 31.5 Å². The van der Waals surface area contributed by atoms with Gasteiger partial charge in [0.25, 0.3) is 5.91 Å². The number of benzene rings is 1. The first-order valence-corrected chi connectivity index (χ1v) is 11.4. The molecule has 2 aliphatic heterocycles. The standard InChI is InChI=1S/C24H29N7O/c1-17(2)31-16-25-28-23(31)20-9-6-10-21(27-20)26-19-8-5-7-18-15-30(24(32)22(18)19)14-13-29-11-3-4-12-29/h5-10,16-17H,3-4,11-15H2,1-2H3,(H,26,27). The highest BCUT2D eigenvalue weighted by Crippen LogP contribution is 2.31. The quantitative estimate of drug-likeness (QED) is 0.614. The molecule has 8 nitrogen and oxygen atoms in total. The van der Waals surface area contributed by atoms with Crippen molar-refractivity contribution in [3.63, 3.8) is 0 Å². The third-order valence-corrected chi connectivity index (χ3v) is 6.27. The van der Waals surface area contributed by atoms with Gasteiger partial charge in [-0.3, -0.25) is 4.79 Å². The number of anilines is 2. The minimum atomic E-state index is 0.0954. The van der Waals surface area contributed by atoms with Crippen LogP contribution in [0.2, 0.25) is 0 Å². The minimum absolute atomic E-state index is 0.0954. The van der Waals surface area contributed by atoms with E-state index in [0.29, 0.717) is 12.4 Å². The number of aromatic nitrogens is 4. The molecule has 0 radical (unpaired) electrons. The van der Waals surface area contributed by atoms with E-state index in [9.17, 15) is 4.79 Å². The summed E-state index contributed by atoms with van der Waals surface area (Å²) in [6, 6.07) is 12.0. The minimum Gasteiger partial charge on any atom is -0.340 e. The van der Waals surface area contributed by atoms with E-state index in [-0.39, 0.29) is 11.9 Å². The molecule has 1 amide bonds. The lowest BCUT2D eigenvalue weighted by molar-refractivity contribution is 0.0764. The third-order valence-electron chi connectivity index (χ3n) is 6.27. The van der Waals surface area contributed by atoms with Gasteiger partial charge in [0.05, 0.1) is 11.3 Å². The van der Waals surface area contributed by atoms with Crippen LogP contribution < -0.4 is 5.32 Å². The molecule has 166 valence electrons. The first-order valence-electron chi connectivity index (χ1n) is 11.4. The Kier molecular flexibility index (Phi) is 5.61. The number of hydrogen-bond acceptors (Lipinski definition) is 6. The highest BCUT2D eigenvalue weighted by molar-refractivity contribution is 6.04. The first kappa shape index (κ1) is 20.6. The van der Waals surface area contributed by atoms with Crippen molar-refractivity contribution in [1.82, 2.24) is 29.5 Å². The van der Waals surface area contributed by atoms with E-state index in [1.807, 2.05) is 45.9 Å². The first-order chi connectivity index (χ1) is 15.6. The molecule has 1 fully saturated rings. The van der Waals surface area contributed by atoms with E-state index in [0.717, 1.165) is 54.5 Å². The zero-order valence-corrected chi connectivity index (χ0v) is 18.7. The molecule has 4 heterocycles. The maximum Gasteiger partial charge on any atom is 0.256 e. The average Bonchev–Trinajstić information content (AvgIpc) is 3.53. The van der Waals surface area contributed by atoms with E-state index < -0.39 is 0 Å². The largest absolute Gasteiger partial charge is 0.340 e. The van der Waals surface area contributed by atoms with Crippen molar-refractivity contribution in [3.05, 3.63) is 53.9 Å². The molecule has 8 heteroatoms. The Bertz CT molecular complexity index is 1120. The average molecular weight is 432 g/mol. The number of hydrogen-bond donors (Lipinski definition) is 1. The van der Waals surface area contributed by atoms with E-state index in [4.69, 9.17) is 4.98 Å². The normalized spacial score (nSPS) is 16.2. The fourth-order valence-electron chi connectivity index (χ4n) is 4.54. The zero-order valence-electron chi connectivity index (χ0n) is 18.7. The number of rotatable bonds is 7. The number of carbonyl (C=O) groups excluding carboxylic acids is 1. The number of pyridine rings is 1. The second-order valence-electron chi connectivity index (χ2n) is 8.80. The number of likely N-dealkylation sites (tertiary alicyclic amines) is 1. The fourth-order valence-corrected chi connectivity index (χ4v) is 4.54. The molecule has 0 aliphatic carbocycles. The number of fused-ring (bicyclic) bond motifs is 1. The monoisotopic (exact) mass is 431 g/mol. The molecule has 0 atom stereocenters. The molecule has 0 unspecified atom stereocenters. The van der Waals surface area contributed by atoms with Crippen molar-refractivity contribution < 1.29 is 4.79 Å². The van der Waals surface area contributed by atoms with Gasteiger partial charge in [-0.05, 0) is 63.5 Å². The Hall–Kier alpha value is -3.26. The fraction of sp³-hybridized carbons (Fsp3) is 0.417. The topological polar surface area (TPSA) is 79.2 Å². The smallest absolute Gasteiger partial charge is 0.256 e. The predicted molar refractivity (Wildman–Crippen MR) is 124 cm³/mol. The maximum absolute atomic E-state index is 13.2. The summed E-state index contributed by atoms with van der Waals surface area (Å²) < 4.78 is 1.99. The molecule has 32 heavy (non-hydrogen) atoms.